The lowest BCUT2D eigenvalue weighted by Crippen LogP contribution is -1.91. The van der Waals surface area contributed by atoms with Gasteiger partial charge in [0.05, 0.1) is 17.6 Å². The molecule has 1 N–H and O–H groups in total. The van der Waals surface area contributed by atoms with Gasteiger partial charge in [-0.15, -0.1) is 0 Å². The maximum atomic E-state index is 4.72. The monoisotopic (exact) mass is 235 g/mol. The molecule has 0 spiro atoms. The molecule has 3 aromatic rings. The number of hydrogen-bond donors (Lipinski definition) is 1. The van der Waals surface area contributed by atoms with E-state index in [9.17, 15) is 0 Å². The second-order valence-corrected chi connectivity index (χ2v) is 4.88. The molecule has 3 nitrogen and oxygen atoms in total. The van der Waals surface area contributed by atoms with Gasteiger partial charge < -0.3 is 4.98 Å². The number of rotatable bonds is 2. The molecular weight excluding hydrogens is 222 g/mol. The Bertz CT molecular complexity index is 710. The molecule has 0 saturated heterocycles. The lowest BCUT2D eigenvalue weighted by Gasteiger charge is -2.03. The standard InChI is InChI=1S/C15H13N3/c1-2-10(1)14-8-16-9-15(18-14)11-3-4-13-12(7-11)5-6-17-13/h3-10,17H,1-2H2. The number of aromatic nitrogens is 3. The van der Waals surface area contributed by atoms with Crippen molar-refractivity contribution in [2.75, 3.05) is 0 Å². The van der Waals surface area contributed by atoms with Gasteiger partial charge in [0.1, 0.15) is 0 Å². The second-order valence-electron chi connectivity index (χ2n) is 4.88. The van der Waals surface area contributed by atoms with Gasteiger partial charge in [-0.3, -0.25) is 4.98 Å². The highest BCUT2D eigenvalue weighted by molar-refractivity contribution is 5.84. The van der Waals surface area contributed by atoms with Gasteiger partial charge in [-0.2, -0.15) is 0 Å². The van der Waals surface area contributed by atoms with Crippen LogP contribution in [0.15, 0.2) is 42.9 Å². The largest absolute Gasteiger partial charge is 0.361 e. The van der Waals surface area contributed by atoms with Crippen LogP contribution in [0.1, 0.15) is 24.5 Å². The Hall–Kier alpha value is -2.16. The molecule has 0 amide bonds. The van der Waals surface area contributed by atoms with Crippen molar-refractivity contribution in [3.63, 3.8) is 0 Å². The van der Waals surface area contributed by atoms with Gasteiger partial charge in [0.25, 0.3) is 0 Å². The lowest BCUT2D eigenvalue weighted by molar-refractivity contribution is 0.993. The molecule has 1 fully saturated rings. The summed E-state index contributed by atoms with van der Waals surface area (Å²) in [4.78, 5) is 12.2. The normalized spacial score (nSPS) is 15.1. The molecule has 3 heteroatoms. The fourth-order valence-electron chi connectivity index (χ4n) is 2.31. The zero-order valence-corrected chi connectivity index (χ0v) is 9.93. The van der Waals surface area contributed by atoms with E-state index >= 15 is 0 Å². The Balaban J connectivity index is 1.82. The van der Waals surface area contributed by atoms with E-state index < -0.39 is 0 Å². The second kappa shape index (κ2) is 3.67. The van der Waals surface area contributed by atoms with E-state index in [1.54, 1.807) is 0 Å². The Morgan fingerprint density at radius 1 is 1.11 bits per heavy atom. The average Bonchev–Trinajstić information content (AvgIpc) is 3.17. The minimum absolute atomic E-state index is 0.647. The Morgan fingerprint density at radius 3 is 2.94 bits per heavy atom. The van der Waals surface area contributed by atoms with Crippen LogP contribution >= 0.6 is 0 Å². The first-order valence-electron chi connectivity index (χ1n) is 6.29. The Kier molecular flexibility index (Phi) is 2.00. The fourth-order valence-corrected chi connectivity index (χ4v) is 2.31. The zero-order chi connectivity index (χ0) is 11.9. The minimum atomic E-state index is 0.647. The van der Waals surface area contributed by atoms with Gasteiger partial charge in [-0.1, -0.05) is 6.07 Å². The van der Waals surface area contributed by atoms with Crippen LogP contribution in [0.2, 0.25) is 0 Å². The van der Waals surface area contributed by atoms with Crippen LogP contribution in [0.4, 0.5) is 0 Å². The van der Waals surface area contributed by atoms with Crippen molar-refractivity contribution in [1.82, 2.24) is 15.0 Å². The predicted molar refractivity (Wildman–Crippen MR) is 71.3 cm³/mol. The van der Waals surface area contributed by atoms with Crippen molar-refractivity contribution in [2.24, 2.45) is 0 Å². The van der Waals surface area contributed by atoms with Gasteiger partial charge in [0.2, 0.25) is 0 Å². The fraction of sp³-hybridized carbons (Fsp3) is 0.200. The van der Waals surface area contributed by atoms with E-state index in [0.717, 1.165) is 22.5 Å². The molecular formula is C15H13N3. The zero-order valence-electron chi connectivity index (χ0n) is 9.93. The first-order chi connectivity index (χ1) is 8.90. The van der Waals surface area contributed by atoms with Crippen LogP contribution in [0.5, 0.6) is 0 Å². The number of aromatic amines is 1. The summed E-state index contributed by atoms with van der Waals surface area (Å²) in [5.41, 5.74) is 4.41. The van der Waals surface area contributed by atoms with E-state index in [2.05, 4.69) is 34.2 Å². The van der Waals surface area contributed by atoms with Gasteiger partial charge in [-0.05, 0) is 31.0 Å². The van der Waals surface area contributed by atoms with Crippen molar-refractivity contribution in [3.05, 3.63) is 48.5 Å². The summed E-state index contributed by atoms with van der Waals surface area (Å²) in [5.74, 6) is 0.647. The highest BCUT2D eigenvalue weighted by atomic mass is 14.8. The summed E-state index contributed by atoms with van der Waals surface area (Å²) in [6.07, 6.45) is 8.22. The van der Waals surface area contributed by atoms with E-state index in [0.29, 0.717) is 5.92 Å². The van der Waals surface area contributed by atoms with E-state index in [1.807, 2.05) is 18.6 Å². The summed E-state index contributed by atoms with van der Waals surface area (Å²) in [6, 6.07) is 8.43. The molecule has 2 aromatic heterocycles. The van der Waals surface area contributed by atoms with Crippen molar-refractivity contribution in [1.29, 1.82) is 0 Å². The molecule has 88 valence electrons. The first-order valence-corrected chi connectivity index (χ1v) is 6.29. The van der Waals surface area contributed by atoms with E-state index in [1.165, 1.54) is 18.2 Å². The molecule has 0 unspecified atom stereocenters. The summed E-state index contributed by atoms with van der Waals surface area (Å²) in [7, 11) is 0. The minimum Gasteiger partial charge on any atom is -0.361 e. The topological polar surface area (TPSA) is 41.6 Å². The van der Waals surface area contributed by atoms with Crippen molar-refractivity contribution >= 4 is 10.9 Å². The highest BCUT2D eigenvalue weighted by Gasteiger charge is 2.25. The molecule has 1 saturated carbocycles. The number of benzene rings is 1. The van der Waals surface area contributed by atoms with Gasteiger partial charge in [0.15, 0.2) is 0 Å². The average molecular weight is 235 g/mol. The van der Waals surface area contributed by atoms with Crippen LogP contribution in [0.3, 0.4) is 0 Å². The number of nitrogens with one attached hydrogen (secondary N) is 1. The summed E-state index contributed by atoms with van der Waals surface area (Å²) < 4.78 is 0. The molecule has 1 aliphatic carbocycles. The molecule has 4 rings (SSSR count). The van der Waals surface area contributed by atoms with Crippen LogP contribution in [-0.4, -0.2) is 15.0 Å². The third-order valence-corrected chi connectivity index (χ3v) is 3.50. The SMILES string of the molecule is c1cc2cc(-c3cncc(C4CC4)n3)ccc2[nH]1. The number of H-pyrrole nitrogens is 1. The number of fused-ring (bicyclic) bond motifs is 1. The first kappa shape index (κ1) is 9.83. The van der Waals surface area contributed by atoms with Crippen molar-refractivity contribution in [2.45, 2.75) is 18.8 Å². The molecule has 18 heavy (non-hydrogen) atoms. The number of nitrogens with zero attached hydrogens (tertiary/aromatic N) is 2. The van der Waals surface area contributed by atoms with Gasteiger partial charge >= 0.3 is 0 Å². The van der Waals surface area contributed by atoms with Crippen LogP contribution in [0.25, 0.3) is 22.2 Å². The van der Waals surface area contributed by atoms with Crippen molar-refractivity contribution < 1.29 is 0 Å². The smallest absolute Gasteiger partial charge is 0.0888 e. The van der Waals surface area contributed by atoms with E-state index in [-0.39, 0.29) is 0 Å². The summed E-state index contributed by atoms with van der Waals surface area (Å²) >= 11 is 0. The summed E-state index contributed by atoms with van der Waals surface area (Å²) in [5, 5.41) is 1.21. The third-order valence-electron chi connectivity index (χ3n) is 3.50. The molecule has 0 radical (unpaired) electrons. The Labute approximate surface area is 105 Å². The Morgan fingerprint density at radius 2 is 2.06 bits per heavy atom. The van der Waals surface area contributed by atoms with Crippen LogP contribution in [-0.2, 0) is 0 Å². The van der Waals surface area contributed by atoms with Gasteiger partial charge in [0, 0.05) is 34.8 Å². The highest BCUT2D eigenvalue weighted by Crippen LogP contribution is 2.39. The maximum absolute atomic E-state index is 4.72. The molecule has 0 bridgehead atoms. The van der Waals surface area contributed by atoms with E-state index in [4.69, 9.17) is 4.98 Å². The molecule has 1 aromatic carbocycles. The lowest BCUT2D eigenvalue weighted by atomic mass is 10.1. The molecule has 2 heterocycles. The predicted octanol–water partition coefficient (Wildman–Crippen LogP) is 3.50. The quantitative estimate of drug-likeness (QED) is 0.738. The third kappa shape index (κ3) is 1.59. The maximum Gasteiger partial charge on any atom is 0.0888 e. The molecule has 0 atom stereocenters. The van der Waals surface area contributed by atoms with Crippen LogP contribution < -0.4 is 0 Å². The summed E-state index contributed by atoms with van der Waals surface area (Å²) in [6.45, 7) is 0. The number of hydrogen-bond acceptors (Lipinski definition) is 2. The molecule has 1 aliphatic rings. The molecule has 0 aliphatic heterocycles. The van der Waals surface area contributed by atoms with Gasteiger partial charge in [-0.25, -0.2) is 4.98 Å². The van der Waals surface area contributed by atoms with Crippen molar-refractivity contribution in [3.8, 4) is 11.3 Å². The van der Waals surface area contributed by atoms with Crippen LogP contribution in [0, 0.1) is 0 Å².